The van der Waals surface area contributed by atoms with Crippen molar-refractivity contribution in [3.63, 3.8) is 0 Å². The molecule has 2 aromatic rings. The Morgan fingerprint density at radius 3 is 2.57 bits per heavy atom. The van der Waals surface area contributed by atoms with Crippen molar-refractivity contribution in [1.29, 1.82) is 0 Å². The summed E-state index contributed by atoms with van der Waals surface area (Å²) in [7, 11) is 0. The average molecular weight is 430 g/mol. The normalized spacial score (nSPS) is 21.0. The van der Waals surface area contributed by atoms with Crippen LogP contribution in [0, 0.1) is 11.8 Å². The number of rotatable bonds is 7. The summed E-state index contributed by atoms with van der Waals surface area (Å²) in [5, 5.41) is 3.66. The third kappa shape index (κ3) is 5.99. The molecule has 160 valence electrons. The van der Waals surface area contributed by atoms with Crippen LogP contribution in [0.3, 0.4) is 0 Å². The van der Waals surface area contributed by atoms with E-state index in [0.717, 1.165) is 18.4 Å². The van der Waals surface area contributed by atoms with Gasteiger partial charge < -0.3 is 14.8 Å². The molecule has 1 saturated carbocycles. The van der Waals surface area contributed by atoms with Gasteiger partial charge in [0.25, 0.3) is 5.91 Å². The molecular formula is C24H28ClNO4. The highest BCUT2D eigenvalue weighted by atomic mass is 35.5. The van der Waals surface area contributed by atoms with E-state index in [4.69, 9.17) is 21.1 Å². The van der Waals surface area contributed by atoms with E-state index in [1.54, 1.807) is 36.4 Å². The van der Waals surface area contributed by atoms with Gasteiger partial charge in [-0.1, -0.05) is 62.6 Å². The van der Waals surface area contributed by atoms with Crippen molar-refractivity contribution in [2.24, 2.45) is 11.8 Å². The molecule has 5 nitrogen and oxygen atoms in total. The van der Waals surface area contributed by atoms with E-state index in [1.807, 2.05) is 12.1 Å². The Morgan fingerprint density at radius 1 is 1.07 bits per heavy atom. The minimum absolute atomic E-state index is 0.134. The van der Waals surface area contributed by atoms with Crippen LogP contribution in [0.25, 0.3) is 0 Å². The number of hydrogen-bond donors (Lipinski definition) is 1. The fourth-order valence-electron chi connectivity index (χ4n) is 3.75. The minimum atomic E-state index is -0.582. The predicted molar refractivity (Wildman–Crippen MR) is 117 cm³/mol. The van der Waals surface area contributed by atoms with Gasteiger partial charge in [0.2, 0.25) is 0 Å². The lowest BCUT2D eigenvalue weighted by atomic mass is 9.78. The summed E-state index contributed by atoms with van der Waals surface area (Å²) in [6, 6.07) is 14.3. The number of carbonyl (C=O) groups is 2. The van der Waals surface area contributed by atoms with Crippen molar-refractivity contribution in [3.8, 4) is 5.75 Å². The maximum Gasteiger partial charge on any atom is 0.342 e. The lowest BCUT2D eigenvalue weighted by Gasteiger charge is -2.34. The Hall–Kier alpha value is -2.53. The molecule has 0 bridgehead atoms. The summed E-state index contributed by atoms with van der Waals surface area (Å²) in [6.45, 7) is 4.36. The fraction of sp³-hybridized carbons (Fsp3) is 0.417. The van der Waals surface area contributed by atoms with Crippen molar-refractivity contribution in [1.82, 2.24) is 5.32 Å². The number of benzene rings is 2. The number of ether oxygens (including phenoxy) is 2. The van der Waals surface area contributed by atoms with Crippen LogP contribution in [-0.4, -0.2) is 24.5 Å². The van der Waals surface area contributed by atoms with Crippen LogP contribution in [0.1, 0.15) is 49.0 Å². The molecule has 1 N–H and O–H groups in total. The molecule has 0 aliphatic heterocycles. The Balaban J connectivity index is 1.53. The van der Waals surface area contributed by atoms with Crippen molar-refractivity contribution < 1.29 is 19.1 Å². The van der Waals surface area contributed by atoms with Gasteiger partial charge in [-0.05, 0) is 48.1 Å². The molecule has 30 heavy (non-hydrogen) atoms. The molecule has 1 fully saturated rings. The second-order valence-electron chi connectivity index (χ2n) is 7.93. The van der Waals surface area contributed by atoms with Gasteiger partial charge in [0, 0.05) is 11.1 Å². The maximum absolute atomic E-state index is 12.5. The Kier molecular flexibility index (Phi) is 7.75. The number of amides is 1. The Morgan fingerprint density at radius 2 is 1.80 bits per heavy atom. The number of carbonyl (C=O) groups excluding carboxylic acids is 2. The van der Waals surface area contributed by atoms with Crippen LogP contribution < -0.4 is 10.1 Å². The first-order chi connectivity index (χ1) is 14.4. The molecule has 0 spiro atoms. The summed E-state index contributed by atoms with van der Waals surface area (Å²) in [5.74, 6) is 0.556. The summed E-state index contributed by atoms with van der Waals surface area (Å²) >= 11 is 5.90. The predicted octanol–water partition coefficient (Wildman–Crippen LogP) is 5.02. The number of hydrogen-bond acceptors (Lipinski definition) is 4. The largest absolute Gasteiger partial charge is 0.488 e. The zero-order chi connectivity index (χ0) is 21.5. The van der Waals surface area contributed by atoms with E-state index in [1.165, 1.54) is 6.42 Å². The molecular weight excluding hydrogens is 402 g/mol. The second-order valence-corrected chi connectivity index (χ2v) is 8.37. The minimum Gasteiger partial charge on any atom is -0.488 e. The number of esters is 1. The molecule has 2 aromatic carbocycles. The van der Waals surface area contributed by atoms with Gasteiger partial charge in [-0.25, -0.2) is 4.79 Å². The summed E-state index contributed by atoms with van der Waals surface area (Å²) in [4.78, 5) is 24.8. The summed E-state index contributed by atoms with van der Waals surface area (Å²) in [5.41, 5.74) is 1.22. The van der Waals surface area contributed by atoms with Gasteiger partial charge in [-0.3, -0.25) is 4.79 Å². The van der Waals surface area contributed by atoms with Gasteiger partial charge in [-0.2, -0.15) is 0 Å². The van der Waals surface area contributed by atoms with E-state index in [0.29, 0.717) is 34.8 Å². The topological polar surface area (TPSA) is 64.6 Å². The van der Waals surface area contributed by atoms with E-state index >= 15 is 0 Å². The van der Waals surface area contributed by atoms with Crippen molar-refractivity contribution >= 4 is 23.5 Å². The Bertz CT molecular complexity index is 868. The third-order valence-electron chi connectivity index (χ3n) is 5.80. The van der Waals surface area contributed by atoms with Crippen LogP contribution in [0.5, 0.6) is 5.75 Å². The van der Waals surface area contributed by atoms with Crippen LogP contribution in [0.15, 0.2) is 48.5 Å². The molecule has 3 atom stereocenters. The maximum atomic E-state index is 12.5. The standard InChI is InChI=1S/C24H28ClNO4/c1-16-6-5-8-21(17(16)2)26-23(27)15-30-24(28)20-7-3-4-9-22(20)29-14-18-10-12-19(25)13-11-18/h3-4,7,9-13,16-17,21H,5-6,8,14-15H2,1-2H3,(H,26,27)/t16-,17+,21-/m1/s1. The number of nitrogens with one attached hydrogen (secondary N) is 1. The third-order valence-corrected chi connectivity index (χ3v) is 6.05. The lowest BCUT2D eigenvalue weighted by Crippen LogP contribution is -2.45. The quantitative estimate of drug-likeness (QED) is 0.628. The molecule has 3 rings (SSSR count). The first kappa shape index (κ1) is 22.2. The van der Waals surface area contributed by atoms with Crippen molar-refractivity contribution in [2.45, 2.75) is 45.8 Å². The Labute approximate surface area is 182 Å². The molecule has 6 heteroatoms. The highest BCUT2D eigenvalue weighted by Crippen LogP contribution is 2.29. The smallest absolute Gasteiger partial charge is 0.342 e. The molecule has 1 aliphatic rings. The van der Waals surface area contributed by atoms with E-state index < -0.39 is 5.97 Å². The summed E-state index contributed by atoms with van der Waals surface area (Å²) in [6.07, 6.45) is 3.26. The van der Waals surface area contributed by atoms with Gasteiger partial charge in [0.05, 0.1) is 0 Å². The van der Waals surface area contributed by atoms with E-state index in [9.17, 15) is 9.59 Å². The van der Waals surface area contributed by atoms with Crippen LogP contribution in [-0.2, 0) is 16.1 Å². The van der Waals surface area contributed by atoms with E-state index in [-0.39, 0.29) is 18.6 Å². The fourth-order valence-corrected chi connectivity index (χ4v) is 3.87. The zero-order valence-corrected chi connectivity index (χ0v) is 18.2. The molecule has 0 unspecified atom stereocenters. The van der Waals surface area contributed by atoms with Crippen LogP contribution >= 0.6 is 11.6 Å². The highest BCUT2D eigenvalue weighted by Gasteiger charge is 2.28. The first-order valence-electron chi connectivity index (χ1n) is 10.4. The molecule has 0 saturated heterocycles. The molecule has 0 heterocycles. The van der Waals surface area contributed by atoms with Crippen molar-refractivity contribution in [2.75, 3.05) is 6.61 Å². The van der Waals surface area contributed by atoms with E-state index in [2.05, 4.69) is 19.2 Å². The van der Waals surface area contributed by atoms with Gasteiger partial charge in [-0.15, -0.1) is 0 Å². The second kappa shape index (κ2) is 10.5. The SMILES string of the molecule is C[C@H]1[C@H](C)CCC[C@H]1NC(=O)COC(=O)c1ccccc1OCc1ccc(Cl)cc1. The van der Waals surface area contributed by atoms with Crippen LogP contribution in [0.2, 0.25) is 5.02 Å². The average Bonchev–Trinajstić information content (AvgIpc) is 2.75. The van der Waals surface area contributed by atoms with Crippen molar-refractivity contribution in [3.05, 3.63) is 64.7 Å². The molecule has 1 aliphatic carbocycles. The molecule has 0 aromatic heterocycles. The van der Waals surface area contributed by atoms with Gasteiger partial charge in [0.15, 0.2) is 6.61 Å². The number of halogens is 1. The summed E-state index contributed by atoms with van der Waals surface area (Å²) < 4.78 is 11.0. The first-order valence-corrected chi connectivity index (χ1v) is 10.7. The monoisotopic (exact) mass is 429 g/mol. The molecule has 1 amide bonds. The lowest BCUT2D eigenvalue weighted by molar-refractivity contribution is -0.125. The highest BCUT2D eigenvalue weighted by molar-refractivity contribution is 6.30. The molecule has 0 radical (unpaired) electrons. The number of para-hydroxylation sites is 1. The zero-order valence-electron chi connectivity index (χ0n) is 17.4. The van der Waals surface area contributed by atoms with Gasteiger partial charge >= 0.3 is 5.97 Å². The van der Waals surface area contributed by atoms with Gasteiger partial charge in [0.1, 0.15) is 17.9 Å². The van der Waals surface area contributed by atoms with Crippen LogP contribution in [0.4, 0.5) is 0 Å².